The number of carbonyl (C=O) groups excluding carboxylic acids is 1. The summed E-state index contributed by atoms with van der Waals surface area (Å²) in [6.45, 7) is 10.9. The second kappa shape index (κ2) is 10.3. The topological polar surface area (TPSA) is 39.4 Å². The minimum atomic E-state index is -0.395. The van der Waals surface area contributed by atoms with E-state index >= 15 is 0 Å². The van der Waals surface area contributed by atoms with Gasteiger partial charge in [0.2, 0.25) is 5.76 Å². The van der Waals surface area contributed by atoms with Crippen molar-refractivity contribution in [2.45, 2.75) is 65.7 Å². The van der Waals surface area contributed by atoms with Crippen LogP contribution in [0.3, 0.4) is 0 Å². The van der Waals surface area contributed by atoms with Crippen LogP contribution in [0.4, 0.5) is 0 Å². The number of allylic oxidation sites excluding steroid dienone is 1. The fourth-order valence-corrected chi connectivity index (χ4v) is 2.61. The first-order valence-electron chi connectivity index (χ1n) is 8.55. The van der Waals surface area contributed by atoms with E-state index < -0.39 is 5.97 Å². The molecule has 0 amide bonds. The Bertz CT molecular complexity index is 451. The van der Waals surface area contributed by atoms with E-state index in [4.69, 9.17) is 9.15 Å². The molecule has 22 heavy (non-hydrogen) atoms. The van der Waals surface area contributed by atoms with Gasteiger partial charge < -0.3 is 9.15 Å². The van der Waals surface area contributed by atoms with Crippen molar-refractivity contribution in [3.63, 3.8) is 0 Å². The molecule has 1 aromatic rings. The lowest BCUT2D eigenvalue weighted by Gasteiger charge is -2.18. The Balaban J connectivity index is 2.62. The van der Waals surface area contributed by atoms with Crippen molar-refractivity contribution in [2.24, 2.45) is 5.92 Å². The highest BCUT2D eigenvalue weighted by molar-refractivity contribution is 5.86. The Morgan fingerprint density at radius 2 is 1.82 bits per heavy atom. The van der Waals surface area contributed by atoms with Crippen LogP contribution in [0.1, 0.15) is 75.6 Å². The van der Waals surface area contributed by atoms with Gasteiger partial charge in [-0.15, -0.1) is 0 Å². The van der Waals surface area contributed by atoms with Gasteiger partial charge in [0.05, 0.1) is 6.61 Å². The summed E-state index contributed by atoms with van der Waals surface area (Å²) in [5.41, 5.74) is 1.21. The molecule has 1 rings (SSSR count). The van der Waals surface area contributed by atoms with E-state index in [9.17, 15) is 4.79 Å². The molecule has 0 aromatic carbocycles. The first-order valence-corrected chi connectivity index (χ1v) is 8.55. The van der Waals surface area contributed by atoms with Gasteiger partial charge in [0.1, 0.15) is 5.76 Å². The molecule has 0 unspecified atom stereocenters. The highest BCUT2D eigenvalue weighted by atomic mass is 16.5. The highest BCUT2D eigenvalue weighted by Gasteiger charge is 2.16. The number of hydrogen-bond acceptors (Lipinski definition) is 3. The average Bonchev–Trinajstić information content (AvgIpc) is 2.96. The predicted octanol–water partition coefficient (Wildman–Crippen LogP) is 5.55. The lowest BCUT2D eigenvalue weighted by atomic mass is 9.87. The normalized spacial score (nSPS) is 10.9. The Morgan fingerprint density at radius 1 is 1.18 bits per heavy atom. The van der Waals surface area contributed by atoms with Crippen molar-refractivity contribution in [1.29, 1.82) is 0 Å². The zero-order chi connectivity index (χ0) is 16.4. The Kier molecular flexibility index (Phi) is 8.64. The Morgan fingerprint density at radius 3 is 2.36 bits per heavy atom. The van der Waals surface area contributed by atoms with Crippen LogP contribution in [0.25, 0.3) is 0 Å². The summed E-state index contributed by atoms with van der Waals surface area (Å²) in [5.74, 6) is 1.23. The van der Waals surface area contributed by atoms with Crippen molar-refractivity contribution >= 4 is 5.97 Å². The zero-order valence-corrected chi connectivity index (χ0v) is 14.3. The van der Waals surface area contributed by atoms with Crippen LogP contribution in [0.5, 0.6) is 0 Å². The molecule has 0 saturated carbocycles. The number of unbranched alkanes of at least 4 members (excludes halogenated alkanes) is 2. The highest BCUT2D eigenvalue weighted by Crippen LogP contribution is 2.26. The number of carbonyl (C=O) groups is 1. The predicted molar refractivity (Wildman–Crippen MR) is 90.0 cm³/mol. The summed E-state index contributed by atoms with van der Waals surface area (Å²) in [6.07, 6.45) is 7.99. The quantitative estimate of drug-likeness (QED) is 0.397. The second-order valence-corrected chi connectivity index (χ2v) is 5.80. The minimum Gasteiger partial charge on any atom is -0.460 e. The number of rotatable bonds is 11. The molecular weight excluding hydrogens is 276 g/mol. The lowest BCUT2D eigenvalue weighted by Crippen LogP contribution is -2.06. The van der Waals surface area contributed by atoms with Crippen LogP contribution < -0.4 is 0 Å². The molecule has 0 spiro atoms. The van der Waals surface area contributed by atoms with Crippen molar-refractivity contribution < 1.29 is 13.9 Å². The lowest BCUT2D eigenvalue weighted by molar-refractivity contribution is 0.0488. The van der Waals surface area contributed by atoms with Gasteiger partial charge in [-0.25, -0.2) is 4.79 Å². The maximum Gasteiger partial charge on any atom is 0.374 e. The van der Waals surface area contributed by atoms with Crippen molar-refractivity contribution in [3.8, 4) is 0 Å². The number of hydrogen-bond donors (Lipinski definition) is 0. The van der Waals surface area contributed by atoms with Gasteiger partial charge in [0, 0.05) is 6.42 Å². The zero-order valence-electron chi connectivity index (χ0n) is 14.3. The summed E-state index contributed by atoms with van der Waals surface area (Å²) in [6, 6.07) is 3.54. The average molecular weight is 306 g/mol. The first-order chi connectivity index (χ1) is 10.6. The van der Waals surface area contributed by atoms with Crippen LogP contribution in [-0.2, 0) is 11.2 Å². The van der Waals surface area contributed by atoms with Gasteiger partial charge in [-0.05, 0) is 37.8 Å². The molecule has 1 aromatic heterocycles. The number of furan rings is 1. The SMILES string of the molecule is C=C(Cc1ccc(C(=O)OCC)o1)C(CCCC)CCCC. The molecule has 124 valence electrons. The smallest absolute Gasteiger partial charge is 0.374 e. The monoisotopic (exact) mass is 306 g/mol. The van der Waals surface area contributed by atoms with Crippen molar-refractivity contribution in [2.75, 3.05) is 6.61 Å². The Hall–Kier alpha value is -1.51. The third kappa shape index (κ3) is 6.08. The van der Waals surface area contributed by atoms with Gasteiger partial charge in [0.25, 0.3) is 0 Å². The fourth-order valence-electron chi connectivity index (χ4n) is 2.61. The second-order valence-electron chi connectivity index (χ2n) is 5.80. The molecule has 0 atom stereocenters. The molecule has 3 nitrogen and oxygen atoms in total. The van der Waals surface area contributed by atoms with E-state index in [1.807, 2.05) is 6.07 Å². The van der Waals surface area contributed by atoms with E-state index in [0.29, 0.717) is 18.9 Å². The molecule has 0 fully saturated rings. The van der Waals surface area contributed by atoms with Crippen LogP contribution in [-0.4, -0.2) is 12.6 Å². The molecule has 0 N–H and O–H groups in total. The minimum absolute atomic E-state index is 0.281. The molecule has 0 radical (unpaired) electrons. The first kappa shape index (κ1) is 18.5. The van der Waals surface area contributed by atoms with Gasteiger partial charge in [-0.1, -0.05) is 51.7 Å². The molecule has 0 saturated heterocycles. The molecule has 0 aliphatic heterocycles. The van der Waals surface area contributed by atoms with Gasteiger partial charge >= 0.3 is 5.97 Å². The van der Waals surface area contributed by atoms with E-state index in [1.54, 1.807) is 13.0 Å². The summed E-state index contributed by atoms with van der Waals surface area (Å²) >= 11 is 0. The molecule has 0 aliphatic carbocycles. The van der Waals surface area contributed by atoms with E-state index in [2.05, 4.69) is 20.4 Å². The van der Waals surface area contributed by atoms with Crippen LogP contribution >= 0.6 is 0 Å². The van der Waals surface area contributed by atoms with Crippen molar-refractivity contribution in [1.82, 2.24) is 0 Å². The fraction of sp³-hybridized carbons (Fsp3) is 0.632. The molecule has 0 aliphatic rings. The standard InChI is InChI=1S/C19H30O3/c1-5-8-10-16(11-9-6-2)15(4)14-17-12-13-18(22-17)19(20)21-7-3/h12-13,16H,4-11,14H2,1-3H3. The summed E-state index contributed by atoms with van der Waals surface area (Å²) in [5, 5.41) is 0. The maximum absolute atomic E-state index is 11.6. The van der Waals surface area contributed by atoms with Gasteiger partial charge in [-0.2, -0.15) is 0 Å². The van der Waals surface area contributed by atoms with E-state index in [1.165, 1.54) is 44.1 Å². The third-order valence-electron chi connectivity index (χ3n) is 3.93. The van der Waals surface area contributed by atoms with Gasteiger partial charge in [0.15, 0.2) is 0 Å². The van der Waals surface area contributed by atoms with Gasteiger partial charge in [-0.3, -0.25) is 0 Å². The number of ether oxygens (including phenoxy) is 1. The van der Waals surface area contributed by atoms with Crippen molar-refractivity contribution in [3.05, 3.63) is 35.8 Å². The number of esters is 1. The van der Waals surface area contributed by atoms with Crippen LogP contribution in [0.2, 0.25) is 0 Å². The molecule has 3 heteroatoms. The molecule has 0 bridgehead atoms. The summed E-state index contributed by atoms with van der Waals surface area (Å²) in [7, 11) is 0. The van der Waals surface area contributed by atoms with Crippen LogP contribution in [0, 0.1) is 5.92 Å². The third-order valence-corrected chi connectivity index (χ3v) is 3.93. The summed E-state index contributed by atoms with van der Waals surface area (Å²) in [4.78, 5) is 11.6. The summed E-state index contributed by atoms with van der Waals surface area (Å²) < 4.78 is 10.5. The largest absolute Gasteiger partial charge is 0.460 e. The Labute approximate surface area is 134 Å². The maximum atomic E-state index is 11.6. The molecular formula is C19H30O3. The van der Waals surface area contributed by atoms with E-state index in [-0.39, 0.29) is 5.76 Å². The molecule has 1 heterocycles. The van der Waals surface area contributed by atoms with E-state index in [0.717, 1.165) is 5.76 Å². The van der Waals surface area contributed by atoms with Crippen LogP contribution in [0.15, 0.2) is 28.7 Å².